The van der Waals surface area contributed by atoms with Crippen molar-refractivity contribution >= 4 is 40.0 Å². The number of benzene rings is 1. The molecule has 4 rings (SSSR count). The minimum Gasteiger partial charge on any atom is -0.476 e. The fourth-order valence-electron chi connectivity index (χ4n) is 3.95. The third-order valence-electron chi connectivity index (χ3n) is 5.72. The first kappa shape index (κ1) is 24.2. The second-order valence-corrected chi connectivity index (χ2v) is 8.94. The van der Waals surface area contributed by atoms with Gasteiger partial charge < -0.3 is 15.3 Å². The van der Waals surface area contributed by atoms with Gasteiger partial charge in [0.2, 0.25) is 0 Å². The molecular formula is C25H25ClN6O3. The number of carbonyl (C=O) groups is 1. The number of rotatable bonds is 6. The minimum atomic E-state index is -1.20. The molecule has 2 N–H and O–H groups in total. The summed E-state index contributed by atoms with van der Waals surface area (Å²) >= 11 is 5.89. The normalized spacial score (nSPS) is 11.9. The Morgan fingerprint density at radius 2 is 1.91 bits per heavy atom. The number of hydrogen-bond acceptors (Lipinski definition) is 7. The van der Waals surface area contributed by atoms with Gasteiger partial charge in [-0.3, -0.25) is 9.36 Å². The highest BCUT2D eigenvalue weighted by Crippen LogP contribution is 2.29. The molecule has 4 aromatic rings. The van der Waals surface area contributed by atoms with Crippen LogP contribution in [0.3, 0.4) is 0 Å². The van der Waals surface area contributed by atoms with Crippen LogP contribution in [0.4, 0.5) is 11.5 Å². The number of carboxylic acids is 1. The predicted molar refractivity (Wildman–Crippen MR) is 138 cm³/mol. The van der Waals surface area contributed by atoms with Crippen molar-refractivity contribution in [3.63, 3.8) is 0 Å². The van der Waals surface area contributed by atoms with Gasteiger partial charge in [-0.15, -0.1) is 0 Å². The summed E-state index contributed by atoms with van der Waals surface area (Å²) in [6.07, 6.45) is 1.69. The van der Waals surface area contributed by atoms with E-state index >= 15 is 0 Å². The molecule has 0 fully saturated rings. The second kappa shape index (κ2) is 9.34. The summed E-state index contributed by atoms with van der Waals surface area (Å²) in [5.41, 5.74) is 2.83. The first-order valence-electron chi connectivity index (χ1n) is 10.9. The highest BCUT2D eigenvalue weighted by atomic mass is 35.5. The van der Waals surface area contributed by atoms with Crippen molar-refractivity contribution in [1.29, 1.82) is 0 Å². The smallest absolute Gasteiger partial charge is 0.356 e. The van der Waals surface area contributed by atoms with E-state index in [-0.39, 0.29) is 22.4 Å². The van der Waals surface area contributed by atoms with Gasteiger partial charge >= 0.3 is 5.97 Å². The van der Waals surface area contributed by atoms with Crippen molar-refractivity contribution in [3.8, 4) is 11.4 Å². The number of aromatic carboxylic acids is 1. The second-order valence-electron chi connectivity index (χ2n) is 8.55. The van der Waals surface area contributed by atoms with E-state index in [2.05, 4.69) is 15.3 Å². The number of carboxylic acid groups (broad SMARTS) is 1. The number of aryl methyl sites for hydroxylation is 1. The molecular weight excluding hydrogens is 468 g/mol. The molecule has 180 valence electrons. The maximum Gasteiger partial charge on any atom is 0.356 e. The number of nitrogens with one attached hydrogen (secondary N) is 1. The fraction of sp³-hybridized carbons (Fsp3) is 0.240. The van der Waals surface area contributed by atoms with Crippen LogP contribution < -0.4 is 15.8 Å². The van der Waals surface area contributed by atoms with Crippen LogP contribution >= 0.6 is 11.6 Å². The van der Waals surface area contributed by atoms with Gasteiger partial charge in [0.25, 0.3) is 5.56 Å². The summed E-state index contributed by atoms with van der Waals surface area (Å²) in [6.45, 7) is 3.78. The number of anilines is 2. The van der Waals surface area contributed by atoms with Gasteiger partial charge in [-0.05, 0) is 49.7 Å². The summed E-state index contributed by atoms with van der Waals surface area (Å²) in [4.78, 5) is 40.2. The SMILES string of the molecule is Cc1cc([C@@H](C)Nc2ccc(Cl)nc2C(=O)O)c2nc(-c3ccc(N(C)C)nc3)n(C)c(=O)c2c1. The number of hydrogen-bond donors (Lipinski definition) is 2. The third kappa shape index (κ3) is 4.67. The average Bonchev–Trinajstić information content (AvgIpc) is 2.82. The first-order chi connectivity index (χ1) is 16.6. The van der Waals surface area contributed by atoms with Gasteiger partial charge in [0.15, 0.2) is 5.69 Å². The summed E-state index contributed by atoms with van der Waals surface area (Å²) in [5.74, 6) is 0.0794. The summed E-state index contributed by atoms with van der Waals surface area (Å²) in [6, 6.07) is 10.2. The van der Waals surface area contributed by atoms with E-state index in [0.717, 1.165) is 16.9 Å². The lowest BCUT2D eigenvalue weighted by Gasteiger charge is -2.20. The Morgan fingerprint density at radius 1 is 1.17 bits per heavy atom. The van der Waals surface area contributed by atoms with Crippen LogP contribution in [0.1, 0.15) is 34.6 Å². The molecule has 3 heterocycles. The van der Waals surface area contributed by atoms with E-state index in [4.69, 9.17) is 16.6 Å². The Labute approximate surface area is 207 Å². The Morgan fingerprint density at radius 3 is 2.54 bits per heavy atom. The number of aromatic nitrogens is 4. The Balaban J connectivity index is 1.86. The van der Waals surface area contributed by atoms with Crippen molar-refractivity contribution in [2.45, 2.75) is 19.9 Å². The summed E-state index contributed by atoms with van der Waals surface area (Å²) < 4.78 is 1.52. The van der Waals surface area contributed by atoms with Crippen LogP contribution in [0.5, 0.6) is 0 Å². The Kier molecular flexibility index (Phi) is 6.45. The van der Waals surface area contributed by atoms with E-state index in [0.29, 0.717) is 28.0 Å². The highest BCUT2D eigenvalue weighted by Gasteiger charge is 2.20. The van der Waals surface area contributed by atoms with Gasteiger partial charge in [-0.2, -0.15) is 0 Å². The number of nitrogens with zero attached hydrogens (tertiary/aromatic N) is 5. The molecule has 0 aliphatic carbocycles. The first-order valence-corrected chi connectivity index (χ1v) is 11.3. The molecule has 0 saturated carbocycles. The summed E-state index contributed by atoms with van der Waals surface area (Å²) in [7, 11) is 5.49. The van der Waals surface area contributed by atoms with E-state index in [9.17, 15) is 14.7 Å². The Bertz CT molecular complexity index is 1500. The molecule has 0 aliphatic rings. The lowest BCUT2D eigenvalue weighted by molar-refractivity contribution is 0.0691. The lowest BCUT2D eigenvalue weighted by atomic mass is 10.0. The number of pyridine rings is 2. The standard InChI is InChI=1S/C25H25ClN6O3/c1-13-10-16(14(2)28-18-7-8-19(26)29-22(18)25(34)35)21-17(11-13)24(33)32(5)23(30-21)15-6-9-20(27-12-15)31(3)4/h6-12,14,28H,1-5H3,(H,34,35)/t14-/m1/s1. The van der Waals surface area contributed by atoms with Crippen molar-refractivity contribution in [2.75, 3.05) is 24.3 Å². The molecule has 10 heteroatoms. The summed E-state index contributed by atoms with van der Waals surface area (Å²) in [5, 5.41) is 13.3. The average molecular weight is 493 g/mol. The maximum absolute atomic E-state index is 13.3. The molecule has 0 radical (unpaired) electrons. The Hall–Kier alpha value is -3.98. The number of halogens is 1. The van der Waals surface area contributed by atoms with Gasteiger partial charge in [0.1, 0.15) is 16.8 Å². The molecule has 35 heavy (non-hydrogen) atoms. The third-order valence-corrected chi connectivity index (χ3v) is 5.93. The minimum absolute atomic E-state index is 0.0882. The molecule has 0 amide bonds. The van der Waals surface area contributed by atoms with Crippen molar-refractivity contribution in [1.82, 2.24) is 19.5 Å². The molecule has 0 aliphatic heterocycles. The molecule has 9 nitrogen and oxygen atoms in total. The van der Waals surface area contributed by atoms with Gasteiger partial charge in [-0.25, -0.2) is 19.7 Å². The monoisotopic (exact) mass is 492 g/mol. The topological polar surface area (TPSA) is 113 Å². The van der Waals surface area contributed by atoms with Crippen LogP contribution in [0.25, 0.3) is 22.3 Å². The van der Waals surface area contributed by atoms with E-state index < -0.39 is 5.97 Å². The van der Waals surface area contributed by atoms with Crippen LogP contribution in [-0.4, -0.2) is 44.7 Å². The zero-order valence-corrected chi connectivity index (χ0v) is 20.8. The zero-order valence-electron chi connectivity index (χ0n) is 20.0. The van der Waals surface area contributed by atoms with Crippen LogP contribution in [0, 0.1) is 6.92 Å². The molecule has 1 atom stereocenters. The van der Waals surface area contributed by atoms with E-state index in [1.165, 1.54) is 10.6 Å². The predicted octanol–water partition coefficient (Wildman–Crippen LogP) is 4.29. The highest BCUT2D eigenvalue weighted by molar-refractivity contribution is 6.29. The van der Waals surface area contributed by atoms with Crippen molar-refractivity contribution < 1.29 is 9.90 Å². The fourth-order valence-corrected chi connectivity index (χ4v) is 4.10. The lowest BCUT2D eigenvalue weighted by Crippen LogP contribution is -2.22. The zero-order chi connectivity index (χ0) is 25.4. The molecule has 0 bridgehead atoms. The molecule has 0 unspecified atom stereocenters. The quantitative estimate of drug-likeness (QED) is 0.383. The van der Waals surface area contributed by atoms with Gasteiger partial charge in [0, 0.05) is 38.5 Å². The molecule has 0 spiro atoms. The van der Waals surface area contributed by atoms with Crippen LogP contribution in [0.15, 0.2) is 47.4 Å². The van der Waals surface area contributed by atoms with E-state index in [1.807, 2.05) is 57.1 Å². The maximum atomic E-state index is 13.3. The van der Waals surface area contributed by atoms with E-state index in [1.54, 1.807) is 19.3 Å². The molecule has 0 saturated heterocycles. The number of fused-ring (bicyclic) bond motifs is 1. The van der Waals surface area contributed by atoms with Gasteiger partial charge in [0.05, 0.1) is 22.6 Å². The van der Waals surface area contributed by atoms with Crippen LogP contribution in [-0.2, 0) is 7.05 Å². The molecule has 1 aromatic carbocycles. The van der Waals surface area contributed by atoms with Crippen molar-refractivity contribution in [2.24, 2.45) is 7.05 Å². The van der Waals surface area contributed by atoms with Crippen molar-refractivity contribution in [3.05, 3.63) is 74.9 Å². The molecule has 3 aromatic heterocycles. The van der Waals surface area contributed by atoms with Crippen LogP contribution in [0.2, 0.25) is 5.15 Å². The van der Waals surface area contributed by atoms with Gasteiger partial charge in [-0.1, -0.05) is 17.7 Å². The largest absolute Gasteiger partial charge is 0.476 e.